The van der Waals surface area contributed by atoms with Crippen molar-refractivity contribution in [3.63, 3.8) is 0 Å². The molecule has 0 radical (unpaired) electrons. The van der Waals surface area contributed by atoms with E-state index in [1.165, 1.54) is 18.2 Å². The van der Waals surface area contributed by atoms with Crippen LogP contribution in [0.25, 0.3) is 0 Å². The smallest absolute Gasteiger partial charge is 0.251 e. The van der Waals surface area contributed by atoms with Gasteiger partial charge in [-0.15, -0.1) is 0 Å². The third-order valence-corrected chi connectivity index (χ3v) is 3.74. The standard InChI is InChI=1S/C16H15Cl2N3O2/c1-10-3-2-4-12(21-10)8-19-15(22)9-20-16(23)11-5-6-13(17)14(18)7-11/h2-7H,8-9H2,1H3,(H,19,22)(H,20,23). The number of amides is 2. The van der Waals surface area contributed by atoms with E-state index in [1.807, 2.05) is 25.1 Å². The summed E-state index contributed by atoms with van der Waals surface area (Å²) in [6.45, 7) is 2.05. The van der Waals surface area contributed by atoms with Crippen molar-refractivity contribution in [3.05, 3.63) is 63.4 Å². The molecule has 0 saturated heterocycles. The number of pyridine rings is 1. The lowest BCUT2D eigenvalue weighted by Crippen LogP contribution is -2.36. The Bertz CT molecular complexity index is 735. The van der Waals surface area contributed by atoms with E-state index in [4.69, 9.17) is 23.2 Å². The van der Waals surface area contributed by atoms with Crippen LogP contribution in [0.1, 0.15) is 21.7 Å². The average Bonchev–Trinajstić information content (AvgIpc) is 2.53. The lowest BCUT2D eigenvalue weighted by atomic mass is 10.2. The number of aryl methyl sites for hydroxylation is 1. The third-order valence-electron chi connectivity index (χ3n) is 3.00. The third kappa shape index (κ3) is 5.23. The number of rotatable bonds is 5. The van der Waals surface area contributed by atoms with Gasteiger partial charge < -0.3 is 10.6 Å². The van der Waals surface area contributed by atoms with Crippen molar-refractivity contribution in [1.82, 2.24) is 15.6 Å². The number of carbonyl (C=O) groups is 2. The molecular weight excluding hydrogens is 337 g/mol. The number of nitrogens with zero attached hydrogens (tertiary/aromatic N) is 1. The van der Waals surface area contributed by atoms with E-state index in [0.29, 0.717) is 17.1 Å². The van der Waals surface area contributed by atoms with Crippen molar-refractivity contribution in [2.24, 2.45) is 0 Å². The molecule has 1 heterocycles. The fourth-order valence-electron chi connectivity index (χ4n) is 1.85. The predicted octanol–water partition coefficient (Wildman–Crippen LogP) is 2.74. The fraction of sp³-hybridized carbons (Fsp3) is 0.188. The maximum atomic E-state index is 11.9. The van der Waals surface area contributed by atoms with Crippen LogP contribution in [0.5, 0.6) is 0 Å². The lowest BCUT2D eigenvalue weighted by Gasteiger charge is -2.08. The van der Waals surface area contributed by atoms with Gasteiger partial charge in [0.25, 0.3) is 5.91 Å². The second-order valence-corrected chi connectivity index (χ2v) is 5.67. The number of hydrogen-bond donors (Lipinski definition) is 2. The predicted molar refractivity (Wildman–Crippen MR) is 89.6 cm³/mol. The molecule has 2 amide bonds. The molecule has 0 spiro atoms. The Labute approximate surface area is 144 Å². The zero-order chi connectivity index (χ0) is 16.8. The summed E-state index contributed by atoms with van der Waals surface area (Å²) in [7, 11) is 0. The van der Waals surface area contributed by atoms with E-state index < -0.39 is 5.91 Å². The van der Waals surface area contributed by atoms with E-state index in [9.17, 15) is 9.59 Å². The topological polar surface area (TPSA) is 71.1 Å². The maximum Gasteiger partial charge on any atom is 0.251 e. The highest BCUT2D eigenvalue weighted by Crippen LogP contribution is 2.22. The van der Waals surface area contributed by atoms with Crippen LogP contribution in [0.2, 0.25) is 10.0 Å². The SMILES string of the molecule is Cc1cccc(CNC(=O)CNC(=O)c2ccc(Cl)c(Cl)c2)n1. The number of hydrogen-bond acceptors (Lipinski definition) is 3. The highest BCUT2D eigenvalue weighted by atomic mass is 35.5. The molecule has 23 heavy (non-hydrogen) atoms. The van der Waals surface area contributed by atoms with Crippen LogP contribution in [-0.2, 0) is 11.3 Å². The van der Waals surface area contributed by atoms with Crippen molar-refractivity contribution < 1.29 is 9.59 Å². The maximum absolute atomic E-state index is 11.9. The summed E-state index contributed by atoms with van der Waals surface area (Å²) in [6.07, 6.45) is 0. The molecule has 5 nitrogen and oxygen atoms in total. The van der Waals surface area contributed by atoms with Crippen LogP contribution in [-0.4, -0.2) is 23.3 Å². The zero-order valence-corrected chi connectivity index (χ0v) is 13.9. The Balaban J connectivity index is 1.81. The molecule has 7 heteroatoms. The Morgan fingerprint density at radius 3 is 2.57 bits per heavy atom. The molecule has 2 N–H and O–H groups in total. The second-order valence-electron chi connectivity index (χ2n) is 4.86. The van der Waals surface area contributed by atoms with Crippen molar-refractivity contribution >= 4 is 35.0 Å². The average molecular weight is 352 g/mol. The number of carbonyl (C=O) groups excluding carboxylic acids is 2. The van der Waals surface area contributed by atoms with Gasteiger partial charge in [0.1, 0.15) is 0 Å². The van der Waals surface area contributed by atoms with Crippen molar-refractivity contribution in [1.29, 1.82) is 0 Å². The molecule has 0 aliphatic carbocycles. The summed E-state index contributed by atoms with van der Waals surface area (Å²) in [5.41, 5.74) is 1.98. The van der Waals surface area contributed by atoms with Gasteiger partial charge in [-0.3, -0.25) is 14.6 Å². The first-order chi connectivity index (χ1) is 11.0. The molecule has 0 bridgehead atoms. The Hall–Kier alpha value is -2.11. The molecule has 0 fully saturated rings. The summed E-state index contributed by atoms with van der Waals surface area (Å²) >= 11 is 11.6. The number of nitrogens with one attached hydrogen (secondary N) is 2. The molecular formula is C16H15Cl2N3O2. The molecule has 0 aliphatic rings. The van der Waals surface area contributed by atoms with Crippen LogP contribution in [0.3, 0.4) is 0 Å². The van der Waals surface area contributed by atoms with Gasteiger partial charge >= 0.3 is 0 Å². The summed E-state index contributed by atoms with van der Waals surface area (Å²) in [4.78, 5) is 28.0. The molecule has 120 valence electrons. The minimum absolute atomic E-state index is 0.134. The number of benzene rings is 1. The molecule has 2 aromatic rings. The van der Waals surface area contributed by atoms with Gasteiger partial charge in [0.05, 0.1) is 28.8 Å². The van der Waals surface area contributed by atoms with Gasteiger partial charge in [-0.1, -0.05) is 29.3 Å². The van der Waals surface area contributed by atoms with Crippen LogP contribution >= 0.6 is 23.2 Å². The molecule has 2 rings (SSSR count). The summed E-state index contributed by atoms with van der Waals surface area (Å²) in [5.74, 6) is -0.700. The zero-order valence-electron chi connectivity index (χ0n) is 12.4. The van der Waals surface area contributed by atoms with Crippen LogP contribution < -0.4 is 10.6 Å². The summed E-state index contributed by atoms with van der Waals surface area (Å²) in [5, 5.41) is 5.86. The van der Waals surface area contributed by atoms with Crippen molar-refractivity contribution in [3.8, 4) is 0 Å². The Morgan fingerprint density at radius 1 is 1.09 bits per heavy atom. The van der Waals surface area contributed by atoms with Crippen LogP contribution in [0.4, 0.5) is 0 Å². The van der Waals surface area contributed by atoms with E-state index >= 15 is 0 Å². The van der Waals surface area contributed by atoms with E-state index in [0.717, 1.165) is 11.4 Å². The molecule has 0 unspecified atom stereocenters. The lowest BCUT2D eigenvalue weighted by molar-refractivity contribution is -0.120. The molecule has 1 aromatic heterocycles. The minimum atomic E-state index is -0.396. The van der Waals surface area contributed by atoms with E-state index in [2.05, 4.69) is 15.6 Å². The van der Waals surface area contributed by atoms with E-state index in [1.54, 1.807) is 0 Å². The largest absolute Gasteiger partial charge is 0.349 e. The number of halogens is 2. The first kappa shape index (κ1) is 17.2. The Kier molecular flexibility index (Phi) is 5.96. The Morgan fingerprint density at radius 2 is 1.87 bits per heavy atom. The summed E-state index contributed by atoms with van der Waals surface area (Å²) in [6, 6.07) is 10.1. The molecule has 0 aliphatic heterocycles. The van der Waals surface area contributed by atoms with Crippen molar-refractivity contribution in [2.75, 3.05) is 6.54 Å². The number of aromatic nitrogens is 1. The van der Waals surface area contributed by atoms with Crippen molar-refractivity contribution in [2.45, 2.75) is 13.5 Å². The minimum Gasteiger partial charge on any atom is -0.349 e. The monoisotopic (exact) mass is 351 g/mol. The van der Waals surface area contributed by atoms with Gasteiger partial charge in [0.2, 0.25) is 5.91 Å². The normalized spacial score (nSPS) is 10.2. The highest BCUT2D eigenvalue weighted by molar-refractivity contribution is 6.42. The van der Waals surface area contributed by atoms with E-state index in [-0.39, 0.29) is 17.5 Å². The molecule has 0 saturated carbocycles. The highest BCUT2D eigenvalue weighted by Gasteiger charge is 2.10. The van der Waals surface area contributed by atoms with Gasteiger partial charge in [0.15, 0.2) is 0 Å². The van der Waals surface area contributed by atoms with Gasteiger partial charge in [0, 0.05) is 11.3 Å². The summed E-state index contributed by atoms with van der Waals surface area (Å²) < 4.78 is 0. The fourth-order valence-corrected chi connectivity index (χ4v) is 2.15. The van der Waals surface area contributed by atoms with Gasteiger partial charge in [-0.25, -0.2) is 0 Å². The first-order valence-electron chi connectivity index (χ1n) is 6.88. The van der Waals surface area contributed by atoms with Crippen LogP contribution in [0, 0.1) is 6.92 Å². The van der Waals surface area contributed by atoms with Crippen LogP contribution in [0.15, 0.2) is 36.4 Å². The quantitative estimate of drug-likeness (QED) is 0.869. The second kappa shape index (κ2) is 7.94. The van der Waals surface area contributed by atoms with Gasteiger partial charge in [-0.05, 0) is 37.3 Å². The van der Waals surface area contributed by atoms with Gasteiger partial charge in [-0.2, -0.15) is 0 Å². The first-order valence-corrected chi connectivity index (χ1v) is 7.64. The molecule has 0 atom stereocenters. The molecule has 1 aromatic carbocycles.